The highest BCUT2D eigenvalue weighted by Crippen LogP contribution is 2.28. The fourth-order valence-electron chi connectivity index (χ4n) is 3.32. The number of rotatable bonds is 4. The Morgan fingerprint density at radius 3 is 2.84 bits per heavy atom. The van der Waals surface area contributed by atoms with Crippen LogP contribution >= 0.6 is 0 Å². The van der Waals surface area contributed by atoms with Gasteiger partial charge in [0.05, 0.1) is 11.0 Å². The van der Waals surface area contributed by atoms with Crippen LogP contribution in [0.25, 0.3) is 33.2 Å². The maximum Gasteiger partial charge on any atom is 0.275 e. The summed E-state index contributed by atoms with van der Waals surface area (Å²) in [5.41, 5.74) is 10.5. The van der Waals surface area contributed by atoms with Crippen molar-refractivity contribution in [3.05, 3.63) is 64.6 Å². The first kappa shape index (κ1) is 15.6. The molecule has 0 unspecified atom stereocenters. The summed E-state index contributed by atoms with van der Waals surface area (Å²) in [7, 11) is 0. The number of aromatic nitrogens is 3. The molecule has 5 nitrogen and oxygen atoms in total. The molecule has 0 aliphatic rings. The van der Waals surface area contributed by atoms with Gasteiger partial charge in [-0.15, -0.1) is 0 Å². The van der Waals surface area contributed by atoms with Gasteiger partial charge in [0, 0.05) is 29.2 Å². The van der Waals surface area contributed by atoms with Gasteiger partial charge in [0.1, 0.15) is 5.69 Å². The summed E-state index contributed by atoms with van der Waals surface area (Å²) in [6.07, 6.45) is 2.90. The van der Waals surface area contributed by atoms with Crippen LogP contribution in [0.1, 0.15) is 12.0 Å². The molecule has 0 aliphatic carbocycles. The molecule has 0 fully saturated rings. The number of benzene rings is 2. The van der Waals surface area contributed by atoms with E-state index in [0.717, 1.165) is 46.0 Å². The SMILES string of the molecule is Cc1cccc2nc(-c3cn(CCCN)c4ccccc34)c(=O)[nH]c12. The van der Waals surface area contributed by atoms with Crippen molar-refractivity contribution in [1.29, 1.82) is 0 Å². The zero-order valence-corrected chi connectivity index (χ0v) is 14.1. The van der Waals surface area contributed by atoms with Gasteiger partial charge in [-0.1, -0.05) is 30.3 Å². The van der Waals surface area contributed by atoms with Crippen molar-refractivity contribution >= 4 is 21.9 Å². The van der Waals surface area contributed by atoms with Gasteiger partial charge < -0.3 is 15.3 Å². The molecule has 0 radical (unpaired) electrons. The number of hydrogen-bond acceptors (Lipinski definition) is 3. The van der Waals surface area contributed by atoms with Crippen molar-refractivity contribution < 1.29 is 0 Å². The largest absolute Gasteiger partial charge is 0.347 e. The monoisotopic (exact) mass is 332 g/mol. The second-order valence-electron chi connectivity index (χ2n) is 6.28. The Morgan fingerprint density at radius 1 is 1.16 bits per heavy atom. The zero-order valence-electron chi connectivity index (χ0n) is 14.1. The van der Waals surface area contributed by atoms with E-state index in [9.17, 15) is 4.79 Å². The van der Waals surface area contributed by atoms with Crippen LogP contribution in [0, 0.1) is 6.92 Å². The van der Waals surface area contributed by atoms with Crippen molar-refractivity contribution in [2.75, 3.05) is 6.54 Å². The number of nitrogens with one attached hydrogen (secondary N) is 1. The highest BCUT2D eigenvalue weighted by Gasteiger charge is 2.15. The Labute approximate surface area is 145 Å². The van der Waals surface area contributed by atoms with E-state index in [1.54, 1.807) is 0 Å². The number of H-pyrrole nitrogens is 1. The van der Waals surface area contributed by atoms with Crippen molar-refractivity contribution in [1.82, 2.24) is 14.5 Å². The molecule has 0 amide bonds. The number of fused-ring (bicyclic) bond motifs is 2. The average Bonchev–Trinajstić information content (AvgIpc) is 2.99. The topological polar surface area (TPSA) is 76.7 Å². The fraction of sp³-hybridized carbons (Fsp3) is 0.200. The standard InChI is InChI=1S/C20H20N4O/c1-13-6-4-8-16-18(13)23-20(25)19(22-16)15-12-24(11-5-10-21)17-9-3-2-7-14(15)17/h2-4,6-9,12H,5,10-11,21H2,1H3,(H,23,25). The van der Waals surface area contributed by atoms with E-state index in [1.807, 2.05) is 49.5 Å². The van der Waals surface area contributed by atoms with Gasteiger partial charge >= 0.3 is 0 Å². The first-order valence-corrected chi connectivity index (χ1v) is 8.47. The highest BCUT2D eigenvalue weighted by molar-refractivity contribution is 5.96. The molecule has 126 valence electrons. The summed E-state index contributed by atoms with van der Waals surface area (Å²) in [6.45, 7) is 3.43. The van der Waals surface area contributed by atoms with Crippen LogP contribution < -0.4 is 11.3 Å². The Morgan fingerprint density at radius 2 is 2.00 bits per heavy atom. The van der Waals surface area contributed by atoms with Gasteiger partial charge in [-0.3, -0.25) is 4.79 Å². The molecule has 0 atom stereocenters. The molecule has 2 heterocycles. The number of aromatic amines is 1. The summed E-state index contributed by atoms with van der Waals surface area (Å²) >= 11 is 0. The van der Waals surface area contributed by atoms with E-state index in [4.69, 9.17) is 5.73 Å². The molecule has 4 rings (SSSR count). The van der Waals surface area contributed by atoms with E-state index in [2.05, 4.69) is 20.6 Å². The minimum Gasteiger partial charge on any atom is -0.347 e. The lowest BCUT2D eigenvalue weighted by atomic mass is 10.1. The summed E-state index contributed by atoms with van der Waals surface area (Å²) in [5.74, 6) is 0. The fourth-order valence-corrected chi connectivity index (χ4v) is 3.32. The van der Waals surface area contributed by atoms with E-state index in [1.165, 1.54) is 0 Å². The minimum absolute atomic E-state index is 0.163. The highest BCUT2D eigenvalue weighted by atomic mass is 16.1. The van der Waals surface area contributed by atoms with Crippen LogP contribution in [-0.2, 0) is 6.54 Å². The maximum atomic E-state index is 12.7. The average molecular weight is 332 g/mol. The van der Waals surface area contributed by atoms with Crippen molar-refractivity contribution in [2.45, 2.75) is 19.9 Å². The van der Waals surface area contributed by atoms with Gasteiger partial charge in [-0.05, 0) is 37.6 Å². The first-order chi connectivity index (χ1) is 12.2. The summed E-state index contributed by atoms with van der Waals surface area (Å²) in [5, 5.41) is 1.03. The molecule has 2 aromatic heterocycles. The van der Waals surface area contributed by atoms with Crippen molar-refractivity contribution in [2.24, 2.45) is 5.73 Å². The summed E-state index contributed by atoms with van der Waals surface area (Å²) < 4.78 is 2.15. The second kappa shape index (κ2) is 6.18. The van der Waals surface area contributed by atoms with Crippen LogP contribution in [0.3, 0.4) is 0 Å². The van der Waals surface area contributed by atoms with E-state index in [0.29, 0.717) is 12.2 Å². The molecule has 0 aliphatic heterocycles. The number of aryl methyl sites for hydroxylation is 2. The molecule has 4 aromatic rings. The maximum absolute atomic E-state index is 12.7. The Bertz CT molecular complexity index is 1120. The Kier molecular flexibility index (Phi) is 3.86. The van der Waals surface area contributed by atoms with Crippen molar-refractivity contribution in [3.63, 3.8) is 0 Å². The molecule has 3 N–H and O–H groups in total. The molecular weight excluding hydrogens is 312 g/mol. The van der Waals surface area contributed by atoms with Crippen LogP contribution in [0.5, 0.6) is 0 Å². The normalized spacial score (nSPS) is 11.4. The minimum atomic E-state index is -0.163. The van der Waals surface area contributed by atoms with E-state index >= 15 is 0 Å². The van der Waals surface area contributed by atoms with Crippen molar-refractivity contribution in [3.8, 4) is 11.3 Å². The van der Waals surface area contributed by atoms with Gasteiger partial charge in [0.25, 0.3) is 5.56 Å². The third-order valence-electron chi connectivity index (χ3n) is 4.58. The quantitative estimate of drug-likeness (QED) is 0.602. The van der Waals surface area contributed by atoms with Crippen LogP contribution in [-0.4, -0.2) is 21.1 Å². The Balaban J connectivity index is 1.97. The van der Waals surface area contributed by atoms with Gasteiger partial charge in [-0.25, -0.2) is 4.98 Å². The van der Waals surface area contributed by atoms with Gasteiger partial charge in [0.15, 0.2) is 0 Å². The predicted molar refractivity (Wildman–Crippen MR) is 102 cm³/mol. The van der Waals surface area contributed by atoms with Crippen LogP contribution in [0.15, 0.2) is 53.5 Å². The lowest BCUT2D eigenvalue weighted by Gasteiger charge is -2.04. The lowest BCUT2D eigenvalue weighted by Crippen LogP contribution is -2.12. The third kappa shape index (κ3) is 2.62. The van der Waals surface area contributed by atoms with E-state index in [-0.39, 0.29) is 5.56 Å². The summed E-state index contributed by atoms with van der Waals surface area (Å²) in [6, 6.07) is 13.9. The first-order valence-electron chi connectivity index (χ1n) is 8.47. The molecular formula is C20H20N4O. The summed E-state index contributed by atoms with van der Waals surface area (Å²) in [4.78, 5) is 20.4. The Hall–Kier alpha value is -2.92. The molecule has 25 heavy (non-hydrogen) atoms. The molecule has 0 saturated heterocycles. The van der Waals surface area contributed by atoms with E-state index < -0.39 is 0 Å². The lowest BCUT2D eigenvalue weighted by molar-refractivity contribution is 0.671. The van der Waals surface area contributed by atoms with Gasteiger partial charge in [0.2, 0.25) is 0 Å². The molecule has 0 spiro atoms. The molecule has 0 bridgehead atoms. The molecule has 0 saturated carbocycles. The molecule has 5 heteroatoms. The second-order valence-corrected chi connectivity index (χ2v) is 6.28. The predicted octanol–water partition coefficient (Wildman–Crippen LogP) is 3.20. The van der Waals surface area contributed by atoms with Gasteiger partial charge in [-0.2, -0.15) is 0 Å². The number of para-hydroxylation sites is 2. The third-order valence-corrected chi connectivity index (χ3v) is 4.58. The molecule has 2 aromatic carbocycles. The zero-order chi connectivity index (χ0) is 17.4. The van der Waals surface area contributed by atoms with Crippen LogP contribution in [0.4, 0.5) is 0 Å². The number of nitrogens with two attached hydrogens (primary N) is 1. The number of hydrogen-bond donors (Lipinski definition) is 2. The number of nitrogens with zero attached hydrogens (tertiary/aromatic N) is 2. The van der Waals surface area contributed by atoms with Crippen LogP contribution in [0.2, 0.25) is 0 Å². The smallest absolute Gasteiger partial charge is 0.275 e.